The first kappa shape index (κ1) is 16.8. The van der Waals surface area contributed by atoms with E-state index in [1.807, 2.05) is 19.2 Å². The van der Waals surface area contributed by atoms with Gasteiger partial charge in [0.1, 0.15) is 16.8 Å². The van der Waals surface area contributed by atoms with E-state index in [2.05, 4.69) is 24.8 Å². The van der Waals surface area contributed by atoms with Gasteiger partial charge in [0.25, 0.3) is 5.91 Å². The van der Waals surface area contributed by atoms with Crippen LogP contribution in [0.3, 0.4) is 0 Å². The van der Waals surface area contributed by atoms with Crippen molar-refractivity contribution in [3.63, 3.8) is 0 Å². The van der Waals surface area contributed by atoms with Crippen LogP contribution in [0.4, 0.5) is 5.82 Å². The number of nitrogens with zero attached hydrogens (tertiary/aromatic N) is 4. The molecular weight excluding hydrogens is 326 g/mol. The highest BCUT2D eigenvalue weighted by atomic mass is 35.5. The fraction of sp³-hybridized carbons (Fsp3) is 0.471. The summed E-state index contributed by atoms with van der Waals surface area (Å²) in [5.74, 6) is 1.67. The summed E-state index contributed by atoms with van der Waals surface area (Å²) in [7, 11) is 0. The van der Waals surface area contributed by atoms with Crippen LogP contribution in [0.5, 0.6) is 0 Å². The van der Waals surface area contributed by atoms with Crippen LogP contribution in [-0.2, 0) is 6.54 Å². The minimum absolute atomic E-state index is 0.109. The molecule has 0 aliphatic carbocycles. The van der Waals surface area contributed by atoms with E-state index in [0.717, 1.165) is 50.5 Å². The lowest BCUT2D eigenvalue weighted by Crippen LogP contribution is -2.26. The first-order chi connectivity index (χ1) is 11.6. The molecule has 1 amide bonds. The minimum Gasteiger partial charge on any atom is -0.357 e. The maximum absolute atomic E-state index is 12.4. The van der Waals surface area contributed by atoms with Crippen LogP contribution in [0.1, 0.15) is 35.4 Å². The average Bonchev–Trinajstić information content (AvgIpc) is 3.23. The molecule has 0 radical (unpaired) electrons. The third-order valence-corrected chi connectivity index (χ3v) is 4.45. The minimum atomic E-state index is -0.109. The van der Waals surface area contributed by atoms with Crippen molar-refractivity contribution in [2.24, 2.45) is 0 Å². The molecule has 6 nitrogen and oxygen atoms in total. The summed E-state index contributed by atoms with van der Waals surface area (Å²) in [4.78, 5) is 23.1. The lowest BCUT2D eigenvalue weighted by molar-refractivity contribution is 0.0952. The van der Waals surface area contributed by atoms with Crippen molar-refractivity contribution in [1.82, 2.24) is 19.9 Å². The van der Waals surface area contributed by atoms with Crippen LogP contribution in [-0.4, -0.2) is 40.1 Å². The summed E-state index contributed by atoms with van der Waals surface area (Å²) in [6.07, 6.45) is 6.89. The molecule has 0 spiro atoms. The van der Waals surface area contributed by atoms with Crippen molar-refractivity contribution in [2.45, 2.75) is 32.7 Å². The third-order valence-electron chi connectivity index (χ3n) is 4.26. The fourth-order valence-corrected chi connectivity index (χ4v) is 3.12. The van der Waals surface area contributed by atoms with Crippen LogP contribution in [0.25, 0.3) is 0 Å². The van der Waals surface area contributed by atoms with Crippen molar-refractivity contribution in [3.05, 3.63) is 41.1 Å². The zero-order valence-electron chi connectivity index (χ0n) is 13.8. The van der Waals surface area contributed by atoms with Crippen LogP contribution < -0.4 is 10.2 Å². The zero-order chi connectivity index (χ0) is 16.9. The number of aryl methyl sites for hydroxylation is 2. The second-order valence-electron chi connectivity index (χ2n) is 6.01. The average molecular weight is 348 g/mol. The number of pyridine rings is 1. The van der Waals surface area contributed by atoms with Gasteiger partial charge in [0.05, 0.1) is 0 Å². The summed E-state index contributed by atoms with van der Waals surface area (Å²) < 4.78 is 2.07. The monoisotopic (exact) mass is 347 g/mol. The lowest BCUT2D eigenvalue weighted by Gasteiger charge is -2.17. The molecule has 0 atom stereocenters. The van der Waals surface area contributed by atoms with Gasteiger partial charge in [-0.2, -0.15) is 0 Å². The van der Waals surface area contributed by atoms with Gasteiger partial charge in [-0.15, -0.1) is 0 Å². The van der Waals surface area contributed by atoms with Crippen LogP contribution in [0.2, 0.25) is 5.15 Å². The van der Waals surface area contributed by atoms with E-state index in [1.165, 1.54) is 0 Å². The van der Waals surface area contributed by atoms with E-state index in [-0.39, 0.29) is 5.91 Å². The van der Waals surface area contributed by atoms with Crippen molar-refractivity contribution < 1.29 is 4.79 Å². The Hall–Kier alpha value is -2.08. The molecule has 0 aromatic carbocycles. The standard InChI is InChI=1S/C17H22ClN5O/c1-13-19-6-10-22(13)9-4-5-20-17(24)14-11-15(18)21-16(12-14)23-7-2-3-8-23/h6,10-12H,2-5,7-9H2,1H3,(H,20,24). The highest BCUT2D eigenvalue weighted by molar-refractivity contribution is 6.29. The molecular formula is C17H22ClN5O. The van der Waals surface area contributed by atoms with Gasteiger partial charge in [0.2, 0.25) is 0 Å². The van der Waals surface area contributed by atoms with E-state index in [1.54, 1.807) is 12.3 Å². The predicted octanol–water partition coefficient (Wildman–Crippen LogP) is 2.66. The van der Waals surface area contributed by atoms with Gasteiger partial charge in [0, 0.05) is 44.1 Å². The molecule has 2 aromatic heterocycles. The van der Waals surface area contributed by atoms with Crippen molar-refractivity contribution in [3.8, 4) is 0 Å². The Bertz CT molecular complexity index is 709. The highest BCUT2D eigenvalue weighted by Crippen LogP contribution is 2.22. The number of carbonyl (C=O) groups excluding carboxylic acids is 1. The first-order valence-corrected chi connectivity index (χ1v) is 8.70. The number of amides is 1. The molecule has 3 heterocycles. The SMILES string of the molecule is Cc1nccn1CCCNC(=O)c1cc(Cl)nc(N2CCCC2)c1. The van der Waals surface area contributed by atoms with Gasteiger partial charge in [-0.1, -0.05) is 11.6 Å². The maximum Gasteiger partial charge on any atom is 0.251 e. The van der Waals surface area contributed by atoms with Gasteiger partial charge >= 0.3 is 0 Å². The number of hydrogen-bond donors (Lipinski definition) is 1. The zero-order valence-corrected chi connectivity index (χ0v) is 14.6. The summed E-state index contributed by atoms with van der Waals surface area (Å²) in [6.45, 7) is 5.35. The summed E-state index contributed by atoms with van der Waals surface area (Å²) >= 11 is 6.09. The Morgan fingerprint density at radius 3 is 2.83 bits per heavy atom. The summed E-state index contributed by atoms with van der Waals surface area (Å²) in [6, 6.07) is 3.45. The van der Waals surface area contributed by atoms with Crippen molar-refractivity contribution in [1.29, 1.82) is 0 Å². The number of carbonyl (C=O) groups is 1. The Morgan fingerprint density at radius 2 is 2.12 bits per heavy atom. The van der Waals surface area contributed by atoms with Gasteiger partial charge < -0.3 is 14.8 Å². The summed E-state index contributed by atoms with van der Waals surface area (Å²) in [5, 5.41) is 3.31. The molecule has 0 unspecified atom stereocenters. The van der Waals surface area contributed by atoms with Crippen molar-refractivity contribution in [2.75, 3.05) is 24.5 Å². The first-order valence-electron chi connectivity index (χ1n) is 8.32. The Labute approximate surface area is 146 Å². The third kappa shape index (κ3) is 4.06. The van der Waals surface area contributed by atoms with Crippen molar-refractivity contribution >= 4 is 23.3 Å². The molecule has 24 heavy (non-hydrogen) atoms. The highest BCUT2D eigenvalue weighted by Gasteiger charge is 2.16. The molecule has 0 bridgehead atoms. The van der Waals surface area contributed by atoms with Gasteiger partial charge in [0.15, 0.2) is 0 Å². The van der Waals surface area contributed by atoms with Crippen LogP contribution in [0, 0.1) is 6.92 Å². The molecule has 1 fully saturated rings. The normalized spacial score (nSPS) is 14.2. The number of imidazole rings is 1. The molecule has 1 saturated heterocycles. The largest absolute Gasteiger partial charge is 0.357 e. The Kier molecular flexibility index (Phi) is 5.35. The smallest absolute Gasteiger partial charge is 0.251 e. The van der Waals surface area contributed by atoms with Gasteiger partial charge in [-0.25, -0.2) is 9.97 Å². The van der Waals surface area contributed by atoms with E-state index >= 15 is 0 Å². The number of anilines is 1. The molecule has 0 saturated carbocycles. The molecule has 1 N–H and O–H groups in total. The second kappa shape index (κ2) is 7.66. The van der Waals surface area contributed by atoms with Crippen LogP contribution >= 0.6 is 11.6 Å². The molecule has 1 aliphatic heterocycles. The summed E-state index contributed by atoms with van der Waals surface area (Å²) in [5.41, 5.74) is 0.565. The molecule has 3 rings (SSSR count). The molecule has 7 heteroatoms. The number of aromatic nitrogens is 3. The Balaban J connectivity index is 1.55. The van der Waals surface area contributed by atoms with E-state index in [0.29, 0.717) is 17.3 Å². The number of nitrogens with one attached hydrogen (secondary N) is 1. The number of halogens is 1. The van der Waals surface area contributed by atoms with E-state index in [4.69, 9.17) is 11.6 Å². The van der Waals surface area contributed by atoms with E-state index < -0.39 is 0 Å². The van der Waals surface area contributed by atoms with Crippen LogP contribution in [0.15, 0.2) is 24.5 Å². The van der Waals surface area contributed by atoms with Gasteiger partial charge in [-0.05, 0) is 38.3 Å². The van der Waals surface area contributed by atoms with E-state index in [9.17, 15) is 4.79 Å². The maximum atomic E-state index is 12.4. The number of rotatable bonds is 6. The molecule has 2 aromatic rings. The van der Waals surface area contributed by atoms with Gasteiger partial charge in [-0.3, -0.25) is 4.79 Å². The second-order valence-corrected chi connectivity index (χ2v) is 6.40. The lowest BCUT2D eigenvalue weighted by atomic mass is 10.2. The fourth-order valence-electron chi connectivity index (χ4n) is 2.92. The number of hydrogen-bond acceptors (Lipinski definition) is 4. The quantitative estimate of drug-likeness (QED) is 0.644. The molecule has 128 valence electrons. The predicted molar refractivity (Wildman–Crippen MR) is 94.6 cm³/mol. The molecule has 1 aliphatic rings. The Morgan fingerprint density at radius 1 is 1.33 bits per heavy atom. The topological polar surface area (TPSA) is 63.1 Å².